The molecular formula is C18H21F2N. The van der Waals surface area contributed by atoms with Crippen molar-refractivity contribution >= 4 is 5.69 Å². The van der Waals surface area contributed by atoms with Crippen molar-refractivity contribution in [2.45, 2.75) is 40.7 Å². The lowest BCUT2D eigenvalue weighted by molar-refractivity contribution is 0.593. The summed E-state index contributed by atoms with van der Waals surface area (Å²) in [5.74, 6) is -0.827. The summed E-state index contributed by atoms with van der Waals surface area (Å²) < 4.78 is 27.6. The van der Waals surface area contributed by atoms with Crippen molar-refractivity contribution in [3.63, 3.8) is 0 Å². The molecule has 0 spiro atoms. The molecular weight excluding hydrogens is 268 g/mol. The van der Waals surface area contributed by atoms with Crippen LogP contribution in [0.5, 0.6) is 0 Å². The van der Waals surface area contributed by atoms with E-state index < -0.39 is 11.6 Å². The Labute approximate surface area is 125 Å². The quantitative estimate of drug-likeness (QED) is 0.800. The Morgan fingerprint density at radius 3 is 1.95 bits per heavy atom. The Kier molecular flexibility index (Phi) is 4.31. The summed E-state index contributed by atoms with van der Waals surface area (Å²) in [6, 6.07) is 6.56. The zero-order chi connectivity index (χ0) is 15.7. The zero-order valence-corrected chi connectivity index (χ0v) is 13.1. The first-order valence-corrected chi connectivity index (χ1v) is 7.09. The van der Waals surface area contributed by atoms with Crippen LogP contribution in [0.2, 0.25) is 0 Å². The maximum Gasteiger partial charge on any atom is 0.146 e. The number of hydrogen-bond acceptors (Lipinski definition) is 1. The van der Waals surface area contributed by atoms with Crippen LogP contribution in [0.25, 0.3) is 0 Å². The average Bonchev–Trinajstić information content (AvgIpc) is 2.34. The summed E-state index contributed by atoms with van der Waals surface area (Å²) in [5, 5.41) is 3.08. The van der Waals surface area contributed by atoms with E-state index in [9.17, 15) is 8.78 Å². The first-order chi connectivity index (χ1) is 9.79. The van der Waals surface area contributed by atoms with Gasteiger partial charge >= 0.3 is 0 Å². The van der Waals surface area contributed by atoms with Crippen molar-refractivity contribution in [2.24, 2.45) is 0 Å². The van der Waals surface area contributed by atoms with Crippen LogP contribution in [-0.2, 0) is 0 Å². The van der Waals surface area contributed by atoms with Crippen molar-refractivity contribution in [1.29, 1.82) is 0 Å². The normalized spacial score (nSPS) is 12.3. The molecule has 0 radical (unpaired) electrons. The fraction of sp³-hybridized carbons (Fsp3) is 0.333. The number of hydrogen-bond donors (Lipinski definition) is 1. The van der Waals surface area contributed by atoms with Crippen LogP contribution >= 0.6 is 0 Å². The van der Waals surface area contributed by atoms with Gasteiger partial charge in [0.25, 0.3) is 0 Å². The number of aryl methyl sites for hydroxylation is 4. The predicted octanol–water partition coefficient (Wildman–Crippen LogP) is 5.37. The van der Waals surface area contributed by atoms with Crippen molar-refractivity contribution in [1.82, 2.24) is 0 Å². The van der Waals surface area contributed by atoms with Gasteiger partial charge in [0, 0.05) is 12.1 Å². The van der Waals surface area contributed by atoms with E-state index in [1.807, 2.05) is 20.8 Å². The van der Waals surface area contributed by atoms with Gasteiger partial charge in [0.05, 0.1) is 5.69 Å². The molecule has 0 bridgehead atoms. The smallest absolute Gasteiger partial charge is 0.146 e. The Bertz CT molecular complexity index is 654. The van der Waals surface area contributed by atoms with Gasteiger partial charge in [-0.1, -0.05) is 17.7 Å². The van der Waals surface area contributed by atoms with Crippen LogP contribution in [0.15, 0.2) is 24.3 Å². The van der Waals surface area contributed by atoms with Crippen LogP contribution in [0, 0.1) is 39.3 Å². The summed E-state index contributed by atoms with van der Waals surface area (Å²) >= 11 is 0. The van der Waals surface area contributed by atoms with Crippen molar-refractivity contribution in [3.8, 4) is 0 Å². The van der Waals surface area contributed by atoms with Crippen molar-refractivity contribution in [3.05, 3.63) is 63.7 Å². The van der Waals surface area contributed by atoms with Gasteiger partial charge in [-0.3, -0.25) is 0 Å². The SMILES string of the molecule is Cc1cc(C)c(C(C)Nc2cc(F)c(C)cc2F)c(C)c1. The number of halogens is 2. The lowest BCUT2D eigenvalue weighted by atomic mass is 9.94. The van der Waals surface area contributed by atoms with E-state index in [1.54, 1.807) is 6.92 Å². The highest BCUT2D eigenvalue weighted by Crippen LogP contribution is 2.28. The monoisotopic (exact) mass is 289 g/mol. The molecule has 0 fully saturated rings. The molecule has 0 aromatic heterocycles. The van der Waals surface area contributed by atoms with Gasteiger partial charge in [-0.15, -0.1) is 0 Å². The molecule has 1 nitrogen and oxygen atoms in total. The molecule has 1 atom stereocenters. The summed E-state index contributed by atoms with van der Waals surface area (Å²) in [4.78, 5) is 0. The molecule has 21 heavy (non-hydrogen) atoms. The standard InChI is InChI=1S/C18H21F2N/c1-10-6-12(3)18(13(4)7-10)14(5)21-17-9-15(19)11(2)8-16(17)20/h6-9,14,21H,1-5H3. The minimum Gasteiger partial charge on any atom is -0.376 e. The topological polar surface area (TPSA) is 12.0 Å². The molecule has 3 heteroatoms. The second-order valence-electron chi connectivity index (χ2n) is 5.76. The molecule has 0 amide bonds. The molecule has 0 saturated carbocycles. The third-order valence-corrected chi connectivity index (χ3v) is 3.79. The number of anilines is 1. The molecule has 1 unspecified atom stereocenters. The lowest BCUT2D eigenvalue weighted by Crippen LogP contribution is -2.12. The molecule has 2 aromatic carbocycles. The van der Waals surface area contributed by atoms with Crippen LogP contribution < -0.4 is 5.32 Å². The third kappa shape index (κ3) is 3.23. The van der Waals surface area contributed by atoms with Crippen LogP contribution in [0.4, 0.5) is 14.5 Å². The van der Waals surface area contributed by atoms with Crippen LogP contribution in [-0.4, -0.2) is 0 Å². The summed E-state index contributed by atoms with van der Waals surface area (Å²) in [7, 11) is 0. The van der Waals surface area contributed by atoms with E-state index in [1.165, 1.54) is 17.7 Å². The van der Waals surface area contributed by atoms with E-state index in [4.69, 9.17) is 0 Å². The highest BCUT2D eigenvalue weighted by Gasteiger charge is 2.15. The zero-order valence-electron chi connectivity index (χ0n) is 13.1. The average molecular weight is 289 g/mol. The van der Waals surface area contributed by atoms with E-state index in [0.717, 1.165) is 16.7 Å². The van der Waals surface area contributed by atoms with Gasteiger partial charge in [-0.25, -0.2) is 8.78 Å². The second kappa shape index (κ2) is 5.84. The first kappa shape index (κ1) is 15.5. The van der Waals surface area contributed by atoms with E-state index in [2.05, 4.69) is 24.4 Å². The van der Waals surface area contributed by atoms with Gasteiger partial charge < -0.3 is 5.32 Å². The van der Waals surface area contributed by atoms with Crippen LogP contribution in [0.3, 0.4) is 0 Å². The fourth-order valence-corrected chi connectivity index (χ4v) is 2.94. The number of benzene rings is 2. The molecule has 0 aliphatic carbocycles. The maximum atomic E-state index is 13.9. The predicted molar refractivity (Wildman–Crippen MR) is 83.8 cm³/mol. The molecule has 0 saturated heterocycles. The van der Waals surface area contributed by atoms with E-state index in [-0.39, 0.29) is 11.7 Å². The molecule has 112 valence electrons. The second-order valence-corrected chi connectivity index (χ2v) is 5.76. The molecule has 1 N–H and O–H groups in total. The van der Waals surface area contributed by atoms with Gasteiger partial charge in [-0.05, 0) is 62.9 Å². The highest BCUT2D eigenvalue weighted by atomic mass is 19.1. The number of nitrogens with one attached hydrogen (secondary N) is 1. The Morgan fingerprint density at radius 2 is 1.38 bits per heavy atom. The minimum absolute atomic E-state index is 0.0952. The van der Waals surface area contributed by atoms with Crippen molar-refractivity contribution in [2.75, 3.05) is 5.32 Å². The highest BCUT2D eigenvalue weighted by molar-refractivity contribution is 5.50. The third-order valence-electron chi connectivity index (χ3n) is 3.79. The van der Waals surface area contributed by atoms with E-state index in [0.29, 0.717) is 5.56 Å². The summed E-state index contributed by atoms with van der Waals surface area (Å²) in [6.45, 7) is 9.65. The molecule has 2 aromatic rings. The molecule has 0 heterocycles. The molecule has 2 rings (SSSR count). The first-order valence-electron chi connectivity index (χ1n) is 7.09. The molecule has 0 aliphatic heterocycles. The van der Waals surface area contributed by atoms with Gasteiger partial charge in [-0.2, -0.15) is 0 Å². The van der Waals surface area contributed by atoms with Crippen molar-refractivity contribution < 1.29 is 8.78 Å². The summed E-state index contributed by atoms with van der Waals surface area (Å²) in [6.07, 6.45) is 0. The van der Waals surface area contributed by atoms with Gasteiger partial charge in [0.1, 0.15) is 11.6 Å². The van der Waals surface area contributed by atoms with Crippen LogP contribution in [0.1, 0.15) is 40.8 Å². The molecule has 0 aliphatic rings. The Hall–Kier alpha value is -1.90. The lowest BCUT2D eigenvalue weighted by Gasteiger charge is -2.21. The fourth-order valence-electron chi connectivity index (χ4n) is 2.94. The largest absolute Gasteiger partial charge is 0.376 e. The van der Waals surface area contributed by atoms with E-state index >= 15 is 0 Å². The minimum atomic E-state index is -0.428. The van der Waals surface area contributed by atoms with Gasteiger partial charge in [0.15, 0.2) is 0 Å². The van der Waals surface area contributed by atoms with Gasteiger partial charge in [0.2, 0.25) is 0 Å². The Morgan fingerprint density at radius 1 is 0.810 bits per heavy atom. The number of rotatable bonds is 3. The Balaban J connectivity index is 2.35. The summed E-state index contributed by atoms with van der Waals surface area (Å²) in [5.41, 5.74) is 5.15. The maximum absolute atomic E-state index is 13.9.